The molecule has 2 bridgehead atoms. The first-order valence-corrected chi connectivity index (χ1v) is 12.7. The maximum absolute atomic E-state index is 13.3. The number of amides is 4. The zero-order chi connectivity index (χ0) is 26.6. The standard InChI is InChI=1S/C28H36N4O5/c1-19-10-12-23-16-22(19)18-30-27(35)24(13-11-21-8-4-3-5-9-21)32-28(36)25(31-20(2)33)17-26(34)29-14-6-7-15-37-23/h3-5,8-10,12,16,24-25H,6-7,11,13-15,17-18H2,1-2H3,(H,29,34)(H,30,35)(H,31,33)(H,32,36)/t24-,25-/m0/s1. The smallest absolute Gasteiger partial charge is 0.243 e. The van der Waals surface area contributed by atoms with E-state index < -0.39 is 23.9 Å². The summed E-state index contributed by atoms with van der Waals surface area (Å²) in [5, 5.41) is 11.0. The monoisotopic (exact) mass is 508 g/mol. The highest BCUT2D eigenvalue weighted by atomic mass is 16.5. The fourth-order valence-corrected chi connectivity index (χ4v) is 4.09. The molecule has 0 aliphatic carbocycles. The second-order valence-corrected chi connectivity index (χ2v) is 9.25. The van der Waals surface area contributed by atoms with Gasteiger partial charge in [-0.25, -0.2) is 0 Å². The van der Waals surface area contributed by atoms with Crippen LogP contribution in [-0.4, -0.2) is 48.9 Å². The van der Waals surface area contributed by atoms with E-state index in [9.17, 15) is 19.2 Å². The fourth-order valence-electron chi connectivity index (χ4n) is 4.09. The number of nitrogens with one attached hydrogen (secondary N) is 4. The lowest BCUT2D eigenvalue weighted by Gasteiger charge is -2.23. The Labute approximate surface area is 217 Å². The SMILES string of the molecule is CC(=O)N[C@H]1CC(=O)NCCCCOc2ccc(C)c(c2)CNC(=O)[C@H](CCc2ccccc2)NC1=O. The summed E-state index contributed by atoms with van der Waals surface area (Å²) in [6, 6.07) is 13.5. The van der Waals surface area contributed by atoms with E-state index >= 15 is 0 Å². The van der Waals surface area contributed by atoms with Gasteiger partial charge in [-0.1, -0.05) is 36.4 Å². The van der Waals surface area contributed by atoms with Crippen molar-refractivity contribution >= 4 is 23.6 Å². The number of hydrogen-bond acceptors (Lipinski definition) is 5. The maximum Gasteiger partial charge on any atom is 0.243 e. The van der Waals surface area contributed by atoms with Gasteiger partial charge in [0.15, 0.2) is 0 Å². The molecule has 2 aromatic carbocycles. The summed E-state index contributed by atoms with van der Waals surface area (Å²) in [6.45, 7) is 4.44. The Morgan fingerprint density at radius 3 is 2.57 bits per heavy atom. The van der Waals surface area contributed by atoms with Crippen molar-refractivity contribution in [3.05, 3.63) is 65.2 Å². The van der Waals surface area contributed by atoms with Gasteiger partial charge in [0.25, 0.3) is 0 Å². The summed E-state index contributed by atoms with van der Waals surface area (Å²) in [7, 11) is 0. The molecule has 0 unspecified atom stereocenters. The highest BCUT2D eigenvalue weighted by Gasteiger charge is 2.28. The van der Waals surface area contributed by atoms with Crippen LogP contribution in [0.2, 0.25) is 0 Å². The average Bonchev–Trinajstić information content (AvgIpc) is 2.87. The van der Waals surface area contributed by atoms with E-state index in [-0.39, 0.29) is 24.8 Å². The summed E-state index contributed by atoms with van der Waals surface area (Å²) >= 11 is 0. The molecule has 3 rings (SSSR count). The molecule has 1 heterocycles. The van der Waals surface area contributed by atoms with Crippen LogP contribution in [0.1, 0.15) is 49.3 Å². The molecular formula is C28H36N4O5. The Hall–Kier alpha value is -3.88. The molecule has 9 nitrogen and oxygen atoms in total. The van der Waals surface area contributed by atoms with Crippen molar-refractivity contribution in [2.75, 3.05) is 13.2 Å². The first-order valence-electron chi connectivity index (χ1n) is 12.7. The van der Waals surface area contributed by atoms with E-state index in [1.165, 1.54) is 6.92 Å². The van der Waals surface area contributed by atoms with Crippen molar-refractivity contribution < 1.29 is 23.9 Å². The first-order chi connectivity index (χ1) is 17.8. The average molecular weight is 509 g/mol. The van der Waals surface area contributed by atoms with E-state index in [0.717, 1.165) is 23.1 Å². The van der Waals surface area contributed by atoms with E-state index in [1.54, 1.807) is 0 Å². The van der Waals surface area contributed by atoms with Gasteiger partial charge in [0.1, 0.15) is 17.8 Å². The molecule has 0 radical (unpaired) electrons. The number of hydrogen-bond donors (Lipinski definition) is 4. The van der Waals surface area contributed by atoms with Crippen molar-refractivity contribution in [1.82, 2.24) is 21.3 Å². The van der Waals surface area contributed by atoms with Crippen LogP contribution in [0.15, 0.2) is 48.5 Å². The highest BCUT2D eigenvalue weighted by molar-refractivity contribution is 5.94. The van der Waals surface area contributed by atoms with Crippen LogP contribution in [0.3, 0.4) is 0 Å². The molecule has 1 aliphatic rings. The fraction of sp³-hybridized carbons (Fsp3) is 0.429. The largest absolute Gasteiger partial charge is 0.494 e. The number of benzene rings is 2. The molecule has 0 spiro atoms. The van der Waals surface area contributed by atoms with Gasteiger partial charge in [-0.3, -0.25) is 19.2 Å². The van der Waals surface area contributed by atoms with Gasteiger partial charge in [0.2, 0.25) is 23.6 Å². The van der Waals surface area contributed by atoms with Crippen LogP contribution in [0.25, 0.3) is 0 Å². The van der Waals surface area contributed by atoms with Crippen molar-refractivity contribution in [3.8, 4) is 5.75 Å². The van der Waals surface area contributed by atoms with Crippen LogP contribution >= 0.6 is 0 Å². The number of fused-ring (bicyclic) bond motifs is 2. The molecule has 1 aliphatic heterocycles. The minimum Gasteiger partial charge on any atom is -0.494 e. The third kappa shape index (κ3) is 9.25. The minimum absolute atomic E-state index is 0.224. The van der Waals surface area contributed by atoms with E-state index in [4.69, 9.17) is 4.74 Å². The molecule has 9 heteroatoms. The zero-order valence-electron chi connectivity index (χ0n) is 21.5. The predicted octanol–water partition coefficient (Wildman–Crippen LogP) is 1.91. The summed E-state index contributed by atoms with van der Waals surface area (Å²) in [5.41, 5.74) is 2.96. The number of carbonyl (C=O) groups is 4. The van der Waals surface area contributed by atoms with Crippen molar-refractivity contribution in [1.29, 1.82) is 0 Å². The lowest BCUT2D eigenvalue weighted by molar-refractivity contribution is -0.133. The van der Waals surface area contributed by atoms with Gasteiger partial charge >= 0.3 is 0 Å². The second kappa shape index (κ2) is 14.0. The lowest BCUT2D eigenvalue weighted by Crippen LogP contribution is -2.54. The van der Waals surface area contributed by atoms with Crippen LogP contribution in [-0.2, 0) is 32.1 Å². The molecule has 0 saturated carbocycles. The third-order valence-corrected chi connectivity index (χ3v) is 6.22. The van der Waals surface area contributed by atoms with Crippen LogP contribution in [0.4, 0.5) is 0 Å². The van der Waals surface area contributed by atoms with Crippen LogP contribution < -0.4 is 26.0 Å². The third-order valence-electron chi connectivity index (χ3n) is 6.22. The van der Waals surface area contributed by atoms with Gasteiger partial charge in [-0.15, -0.1) is 0 Å². The molecule has 2 atom stereocenters. The van der Waals surface area contributed by atoms with E-state index in [0.29, 0.717) is 38.2 Å². The van der Waals surface area contributed by atoms with E-state index in [1.807, 2.05) is 55.5 Å². The Bertz CT molecular complexity index is 1090. The molecule has 0 saturated heterocycles. The van der Waals surface area contributed by atoms with Crippen molar-refractivity contribution in [2.45, 2.75) is 64.6 Å². The lowest BCUT2D eigenvalue weighted by atomic mass is 10.0. The maximum atomic E-state index is 13.3. The van der Waals surface area contributed by atoms with Gasteiger partial charge < -0.3 is 26.0 Å². The summed E-state index contributed by atoms with van der Waals surface area (Å²) in [6.07, 6.45) is 2.13. The molecule has 198 valence electrons. The number of ether oxygens (including phenoxy) is 1. The van der Waals surface area contributed by atoms with Crippen LogP contribution in [0.5, 0.6) is 5.75 Å². The molecule has 37 heavy (non-hydrogen) atoms. The predicted molar refractivity (Wildman–Crippen MR) is 140 cm³/mol. The Morgan fingerprint density at radius 1 is 1.03 bits per heavy atom. The Morgan fingerprint density at radius 2 is 1.81 bits per heavy atom. The number of rotatable bonds is 4. The second-order valence-electron chi connectivity index (χ2n) is 9.25. The molecule has 4 N–H and O–H groups in total. The summed E-state index contributed by atoms with van der Waals surface area (Å²) in [5.74, 6) is -1.00. The summed E-state index contributed by atoms with van der Waals surface area (Å²) < 4.78 is 5.85. The zero-order valence-corrected chi connectivity index (χ0v) is 21.5. The van der Waals surface area contributed by atoms with Gasteiger partial charge in [-0.2, -0.15) is 0 Å². The first kappa shape index (κ1) is 27.7. The summed E-state index contributed by atoms with van der Waals surface area (Å²) in [4.78, 5) is 50.6. The Balaban J connectivity index is 1.82. The quantitative estimate of drug-likeness (QED) is 0.502. The molecule has 4 amide bonds. The van der Waals surface area contributed by atoms with Crippen molar-refractivity contribution in [3.63, 3.8) is 0 Å². The number of carbonyl (C=O) groups excluding carboxylic acids is 4. The van der Waals surface area contributed by atoms with E-state index in [2.05, 4.69) is 21.3 Å². The van der Waals surface area contributed by atoms with Crippen LogP contribution in [0, 0.1) is 6.92 Å². The molecule has 2 aromatic rings. The number of aryl methyl sites for hydroxylation is 2. The Kier molecular flexibility index (Phi) is 10.5. The normalized spacial score (nSPS) is 19.8. The van der Waals surface area contributed by atoms with Gasteiger partial charge in [0.05, 0.1) is 13.0 Å². The molecular weight excluding hydrogens is 472 g/mol. The van der Waals surface area contributed by atoms with Gasteiger partial charge in [-0.05, 0) is 61.4 Å². The van der Waals surface area contributed by atoms with Gasteiger partial charge in [0, 0.05) is 20.0 Å². The minimum atomic E-state index is -1.09. The highest BCUT2D eigenvalue weighted by Crippen LogP contribution is 2.18. The molecule has 0 fully saturated rings. The topological polar surface area (TPSA) is 126 Å². The van der Waals surface area contributed by atoms with Crippen molar-refractivity contribution in [2.24, 2.45) is 0 Å². The molecule has 0 aromatic heterocycles.